The summed E-state index contributed by atoms with van der Waals surface area (Å²) in [6.07, 6.45) is 2.13. The van der Waals surface area contributed by atoms with Gasteiger partial charge >= 0.3 is 5.97 Å². The molecule has 1 heterocycles. The van der Waals surface area contributed by atoms with Gasteiger partial charge in [0.05, 0.1) is 12.1 Å². The van der Waals surface area contributed by atoms with Crippen molar-refractivity contribution in [1.29, 1.82) is 0 Å². The van der Waals surface area contributed by atoms with Crippen LogP contribution in [0.15, 0.2) is 28.8 Å². The Bertz CT molecular complexity index is 691. The SMILES string of the molecule is O=C(O)c1cccc(C(=O)NCc2noc(C3CC3)n2)c1. The smallest absolute Gasteiger partial charge is 0.335 e. The highest BCUT2D eigenvalue weighted by atomic mass is 16.5. The number of carboxylic acid groups (broad SMARTS) is 1. The van der Waals surface area contributed by atoms with Gasteiger partial charge in [-0.2, -0.15) is 4.98 Å². The Balaban J connectivity index is 1.62. The van der Waals surface area contributed by atoms with Gasteiger partial charge in [-0.3, -0.25) is 4.79 Å². The van der Waals surface area contributed by atoms with Crippen LogP contribution in [0.1, 0.15) is 51.2 Å². The Hall–Kier alpha value is -2.70. The number of amides is 1. The van der Waals surface area contributed by atoms with Crippen molar-refractivity contribution in [3.05, 3.63) is 47.1 Å². The number of hydrogen-bond acceptors (Lipinski definition) is 5. The second-order valence-corrected chi connectivity index (χ2v) is 4.89. The largest absolute Gasteiger partial charge is 0.478 e. The van der Waals surface area contributed by atoms with Crippen LogP contribution in [-0.2, 0) is 6.54 Å². The van der Waals surface area contributed by atoms with Crippen LogP contribution >= 0.6 is 0 Å². The fourth-order valence-electron chi connectivity index (χ4n) is 1.89. The van der Waals surface area contributed by atoms with Gasteiger partial charge in [-0.05, 0) is 31.0 Å². The molecule has 0 bridgehead atoms. The Morgan fingerprint density at radius 2 is 2.10 bits per heavy atom. The van der Waals surface area contributed by atoms with E-state index in [0.717, 1.165) is 12.8 Å². The lowest BCUT2D eigenvalue weighted by Crippen LogP contribution is -2.23. The van der Waals surface area contributed by atoms with E-state index in [1.54, 1.807) is 6.07 Å². The van der Waals surface area contributed by atoms with Gasteiger partial charge < -0.3 is 14.9 Å². The van der Waals surface area contributed by atoms with Crippen molar-refractivity contribution in [3.63, 3.8) is 0 Å². The molecule has 1 aromatic carbocycles. The molecule has 21 heavy (non-hydrogen) atoms. The quantitative estimate of drug-likeness (QED) is 0.864. The van der Waals surface area contributed by atoms with Crippen molar-refractivity contribution in [1.82, 2.24) is 15.5 Å². The molecule has 3 rings (SSSR count). The van der Waals surface area contributed by atoms with Gasteiger partial charge in [-0.1, -0.05) is 11.2 Å². The number of rotatable bonds is 5. The van der Waals surface area contributed by atoms with Crippen molar-refractivity contribution in [2.75, 3.05) is 0 Å². The second kappa shape index (κ2) is 5.35. The summed E-state index contributed by atoms with van der Waals surface area (Å²) >= 11 is 0. The first-order valence-corrected chi connectivity index (χ1v) is 6.57. The highest BCUT2D eigenvalue weighted by molar-refractivity contribution is 5.97. The van der Waals surface area contributed by atoms with Gasteiger partial charge in [0.15, 0.2) is 5.82 Å². The third-order valence-electron chi connectivity index (χ3n) is 3.19. The highest BCUT2D eigenvalue weighted by Gasteiger charge is 2.29. The Kier molecular flexibility index (Phi) is 3.39. The Morgan fingerprint density at radius 3 is 2.81 bits per heavy atom. The van der Waals surface area contributed by atoms with Crippen LogP contribution in [-0.4, -0.2) is 27.1 Å². The van der Waals surface area contributed by atoms with Crippen LogP contribution in [0.5, 0.6) is 0 Å². The third kappa shape index (κ3) is 3.07. The maximum absolute atomic E-state index is 12.0. The standard InChI is InChI=1S/C14H13N3O4/c18-12(9-2-1-3-10(6-9)14(19)20)15-7-11-16-13(21-17-11)8-4-5-8/h1-3,6,8H,4-5,7H2,(H,15,18)(H,19,20). The zero-order valence-electron chi connectivity index (χ0n) is 11.1. The van der Waals surface area contributed by atoms with Crippen molar-refractivity contribution >= 4 is 11.9 Å². The van der Waals surface area contributed by atoms with Gasteiger partial charge in [-0.15, -0.1) is 0 Å². The van der Waals surface area contributed by atoms with Crippen LogP contribution in [0.4, 0.5) is 0 Å². The van der Waals surface area contributed by atoms with E-state index < -0.39 is 5.97 Å². The topological polar surface area (TPSA) is 105 Å². The molecule has 0 radical (unpaired) electrons. The number of nitrogens with zero attached hydrogens (tertiary/aromatic N) is 2. The normalized spacial score (nSPS) is 13.9. The number of nitrogens with one attached hydrogen (secondary N) is 1. The Morgan fingerprint density at radius 1 is 1.33 bits per heavy atom. The van der Waals surface area contributed by atoms with Crippen LogP contribution in [0.25, 0.3) is 0 Å². The van der Waals surface area contributed by atoms with Crippen molar-refractivity contribution in [2.24, 2.45) is 0 Å². The van der Waals surface area contributed by atoms with Crippen LogP contribution in [0, 0.1) is 0 Å². The lowest BCUT2D eigenvalue weighted by molar-refractivity contribution is 0.0697. The predicted molar refractivity (Wildman–Crippen MR) is 70.8 cm³/mol. The van der Waals surface area contributed by atoms with Gasteiger partial charge in [0, 0.05) is 11.5 Å². The summed E-state index contributed by atoms with van der Waals surface area (Å²) in [7, 11) is 0. The summed E-state index contributed by atoms with van der Waals surface area (Å²) < 4.78 is 5.09. The molecular weight excluding hydrogens is 274 g/mol. The maximum atomic E-state index is 12.0. The van der Waals surface area contributed by atoms with E-state index in [1.807, 2.05) is 0 Å². The molecule has 0 saturated heterocycles. The molecule has 2 N–H and O–H groups in total. The number of aromatic nitrogens is 2. The minimum atomic E-state index is -1.07. The van der Waals surface area contributed by atoms with Crippen LogP contribution < -0.4 is 5.32 Å². The van der Waals surface area contributed by atoms with E-state index in [9.17, 15) is 9.59 Å². The molecule has 2 aromatic rings. The molecule has 0 atom stereocenters. The molecule has 1 amide bonds. The average molecular weight is 287 g/mol. The van der Waals surface area contributed by atoms with E-state index in [0.29, 0.717) is 17.6 Å². The minimum absolute atomic E-state index is 0.0678. The number of aromatic carboxylic acids is 1. The highest BCUT2D eigenvalue weighted by Crippen LogP contribution is 2.38. The zero-order chi connectivity index (χ0) is 14.8. The molecule has 7 heteroatoms. The summed E-state index contributed by atoms with van der Waals surface area (Å²) in [5.74, 6) is -0.0475. The van der Waals surface area contributed by atoms with E-state index in [4.69, 9.17) is 9.63 Å². The second-order valence-electron chi connectivity index (χ2n) is 4.89. The molecule has 1 aromatic heterocycles. The summed E-state index contributed by atoms with van der Waals surface area (Å²) in [5, 5.41) is 15.3. The molecule has 108 valence electrons. The van der Waals surface area contributed by atoms with Gasteiger partial charge in [-0.25, -0.2) is 4.79 Å². The van der Waals surface area contributed by atoms with E-state index in [2.05, 4.69) is 15.5 Å². The minimum Gasteiger partial charge on any atom is -0.478 e. The van der Waals surface area contributed by atoms with E-state index >= 15 is 0 Å². The fraction of sp³-hybridized carbons (Fsp3) is 0.286. The van der Waals surface area contributed by atoms with Crippen molar-refractivity contribution < 1.29 is 19.2 Å². The lowest BCUT2D eigenvalue weighted by atomic mass is 10.1. The molecule has 1 fully saturated rings. The first-order chi connectivity index (χ1) is 10.1. The van der Waals surface area contributed by atoms with Crippen molar-refractivity contribution in [3.8, 4) is 0 Å². The van der Waals surface area contributed by atoms with Gasteiger partial charge in [0.1, 0.15) is 0 Å². The third-order valence-corrected chi connectivity index (χ3v) is 3.19. The molecule has 1 aliphatic rings. The molecule has 1 aliphatic carbocycles. The fourth-order valence-corrected chi connectivity index (χ4v) is 1.89. The average Bonchev–Trinajstić information content (AvgIpc) is 3.24. The zero-order valence-corrected chi connectivity index (χ0v) is 11.1. The number of carbonyl (C=O) groups excluding carboxylic acids is 1. The number of carboxylic acids is 1. The number of hydrogen-bond donors (Lipinski definition) is 2. The molecule has 1 saturated carbocycles. The number of benzene rings is 1. The first kappa shape index (κ1) is 13.3. The summed E-state index contributed by atoms with van der Waals surface area (Å²) in [6, 6.07) is 5.83. The maximum Gasteiger partial charge on any atom is 0.335 e. The van der Waals surface area contributed by atoms with E-state index in [-0.39, 0.29) is 23.6 Å². The molecular formula is C14H13N3O4. The number of carbonyl (C=O) groups is 2. The van der Waals surface area contributed by atoms with Crippen LogP contribution in [0.3, 0.4) is 0 Å². The first-order valence-electron chi connectivity index (χ1n) is 6.57. The molecule has 0 aliphatic heterocycles. The van der Waals surface area contributed by atoms with Crippen molar-refractivity contribution in [2.45, 2.75) is 25.3 Å². The molecule has 0 spiro atoms. The predicted octanol–water partition coefficient (Wildman–Crippen LogP) is 1.58. The summed E-state index contributed by atoms with van der Waals surface area (Å²) in [4.78, 5) is 27.0. The summed E-state index contributed by atoms with van der Waals surface area (Å²) in [5.41, 5.74) is 0.346. The van der Waals surface area contributed by atoms with Gasteiger partial charge in [0.25, 0.3) is 5.91 Å². The van der Waals surface area contributed by atoms with Gasteiger partial charge in [0.2, 0.25) is 5.89 Å². The van der Waals surface area contributed by atoms with Crippen LogP contribution in [0.2, 0.25) is 0 Å². The monoisotopic (exact) mass is 287 g/mol. The van der Waals surface area contributed by atoms with E-state index in [1.165, 1.54) is 18.2 Å². The molecule has 0 unspecified atom stereocenters. The lowest BCUT2D eigenvalue weighted by Gasteiger charge is -2.03. The summed E-state index contributed by atoms with van der Waals surface area (Å²) in [6.45, 7) is 0.145. The molecule has 7 nitrogen and oxygen atoms in total. The Labute approximate surface area is 120 Å².